The second kappa shape index (κ2) is 6.49. The highest BCUT2D eigenvalue weighted by atomic mass is 16.4. The smallest absolute Gasteiger partial charge is 0.329 e. The van der Waals surface area contributed by atoms with Crippen LogP contribution in [0.25, 0.3) is 0 Å². The van der Waals surface area contributed by atoms with Crippen LogP contribution in [0.5, 0.6) is 0 Å². The summed E-state index contributed by atoms with van der Waals surface area (Å²) in [5.74, 6) is -2.13. The number of amides is 3. The molecule has 2 N–H and O–H groups in total. The van der Waals surface area contributed by atoms with E-state index in [1.807, 2.05) is 6.92 Å². The molecule has 1 unspecified atom stereocenters. The Balaban J connectivity index is 2.52. The Hall–Kier alpha value is -1.92. The summed E-state index contributed by atoms with van der Waals surface area (Å²) in [5.41, 5.74) is -1.31. The normalized spacial score (nSPS) is 18.0. The van der Waals surface area contributed by atoms with Gasteiger partial charge in [0.2, 0.25) is 17.7 Å². The van der Waals surface area contributed by atoms with Crippen LogP contribution in [0.2, 0.25) is 0 Å². The molecule has 7 heteroatoms. The van der Waals surface area contributed by atoms with Crippen molar-refractivity contribution >= 4 is 23.7 Å². The van der Waals surface area contributed by atoms with Crippen molar-refractivity contribution in [2.75, 3.05) is 6.54 Å². The van der Waals surface area contributed by atoms with Gasteiger partial charge in [-0.15, -0.1) is 0 Å². The van der Waals surface area contributed by atoms with Crippen molar-refractivity contribution in [3.05, 3.63) is 0 Å². The molecule has 1 aliphatic heterocycles. The van der Waals surface area contributed by atoms with Crippen molar-refractivity contribution in [1.29, 1.82) is 0 Å². The Kier molecular flexibility index (Phi) is 5.24. The van der Waals surface area contributed by atoms with E-state index in [4.69, 9.17) is 5.11 Å². The fourth-order valence-corrected chi connectivity index (χ4v) is 2.18. The SMILES string of the molecule is CCCC(C)(NC(=O)CCN1C(=O)CCC1=O)C(=O)O. The molecule has 1 aliphatic rings. The second-order valence-electron chi connectivity index (χ2n) is 5.12. The van der Waals surface area contributed by atoms with Crippen LogP contribution in [0.4, 0.5) is 0 Å². The van der Waals surface area contributed by atoms with Crippen molar-refractivity contribution < 1.29 is 24.3 Å². The zero-order valence-corrected chi connectivity index (χ0v) is 11.8. The Morgan fingerprint density at radius 1 is 1.30 bits per heavy atom. The van der Waals surface area contributed by atoms with Gasteiger partial charge in [-0.1, -0.05) is 13.3 Å². The van der Waals surface area contributed by atoms with Gasteiger partial charge in [-0.2, -0.15) is 0 Å². The van der Waals surface area contributed by atoms with Crippen molar-refractivity contribution in [2.45, 2.75) is 51.5 Å². The van der Waals surface area contributed by atoms with E-state index in [-0.39, 0.29) is 37.6 Å². The van der Waals surface area contributed by atoms with Crippen LogP contribution in [0.15, 0.2) is 0 Å². The van der Waals surface area contributed by atoms with Gasteiger partial charge in [-0.25, -0.2) is 4.79 Å². The molecule has 112 valence electrons. The van der Waals surface area contributed by atoms with Crippen LogP contribution >= 0.6 is 0 Å². The van der Waals surface area contributed by atoms with E-state index in [1.54, 1.807) is 0 Å². The lowest BCUT2D eigenvalue weighted by atomic mass is 9.96. The monoisotopic (exact) mass is 284 g/mol. The molecule has 0 radical (unpaired) electrons. The van der Waals surface area contributed by atoms with Crippen molar-refractivity contribution in [3.8, 4) is 0 Å². The predicted molar refractivity (Wildman–Crippen MR) is 69.7 cm³/mol. The van der Waals surface area contributed by atoms with Crippen LogP contribution < -0.4 is 5.32 Å². The van der Waals surface area contributed by atoms with E-state index in [0.717, 1.165) is 4.90 Å². The van der Waals surface area contributed by atoms with Gasteiger partial charge in [0.15, 0.2) is 0 Å². The van der Waals surface area contributed by atoms with Crippen LogP contribution in [0.1, 0.15) is 46.0 Å². The van der Waals surface area contributed by atoms with Gasteiger partial charge in [0.05, 0.1) is 0 Å². The summed E-state index contributed by atoms with van der Waals surface area (Å²) in [6.45, 7) is 3.28. The second-order valence-corrected chi connectivity index (χ2v) is 5.12. The van der Waals surface area contributed by atoms with Crippen LogP contribution in [0, 0.1) is 0 Å². The Bertz CT molecular complexity index is 418. The lowest BCUT2D eigenvalue weighted by molar-refractivity contribution is -0.147. The number of hydrogen-bond donors (Lipinski definition) is 2. The molecule has 1 fully saturated rings. The lowest BCUT2D eigenvalue weighted by Crippen LogP contribution is -2.52. The fourth-order valence-electron chi connectivity index (χ4n) is 2.18. The summed E-state index contributed by atoms with van der Waals surface area (Å²) in [6.07, 6.45) is 1.22. The zero-order chi connectivity index (χ0) is 15.3. The number of rotatable bonds is 7. The topological polar surface area (TPSA) is 104 Å². The number of imide groups is 1. The van der Waals surface area contributed by atoms with E-state index in [9.17, 15) is 19.2 Å². The van der Waals surface area contributed by atoms with Gasteiger partial charge in [0.25, 0.3) is 0 Å². The molecule has 0 saturated carbocycles. The number of carbonyl (C=O) groups excluding carboxylic acids is 3. The maximum Gasteiger partial charge on any atom is 0.329 e. The summed E-state index contributed by atoms with van der Waals surface area (Å²) in [4.78, 5) is 46.8. The highest BCUT2D eigenvalue weighted by molar-refractivity contribution is 6.02. The fraction of sp³-hybridized carbons (Fsp3) is 0.692. The Labute approximate surface area is 117 Å². The number of nitrogens with zero attached hydrogens (tertiary/aromatic N) is 1. The molecule has 1 atom stereocenters. The number of nitrogens with one attached hydrogen (secondary N) is 1. The highest BCUT2D eigenvalue weighted by Gasteiger charge is 2.34. The van der Waals surface area contributed by atoms with Crippen molar-refractivity contribution in [1.82, 2.24) is 10.2 Å². The molecule has 3 amide bonds. The zero-order valence-electron chi connectivity index (χ0n) is 11.8. The maximum absolute atomic E-state index is 11.8. The Morgan fingerprint density at radius 2 is 1.85 bits per heavy atom. The number of carboxylic acids is 1. The van der Waals surface area contributed by atoms with E-state index >= 15 is 0 Å². The molecule has 20 heavy (non-hydrogen) atoms. The van der Waals surface area contributed by atoms with Crippen LogP contribution in [0.3, 0.4) is 0 Å². The predicted octanol–water partition coefficient (Wildman–Crippen LogP) is 0.285. The summed E-state index contributed by atoms with van der Waals surface area (Å²) >= 11 is 0. The van der Waals surface area contributed by atoms with Gasteiger partial charge in [0.1, 0.15) is 5.54 Å². The lowest BCUT2D eigenvalue weighted by Gasteiger charge is -2.26. The molecule has 1 heterocycles. The first-order valence-corrected chi connectivity index (χ1v) is 6.67. The summed E-state index contributed by atoms with van der Waals surface area (Å²) in [5, 5.41) is 11.6. The van der Waals surface area contributed by atoms with Gasteiger partial charge >= 0.3 is 5.97 Å². The third kappa shape index (κ3) is 3.79. The third-order valence-electron chi connectivity index (χ3n) is 3.35. The first-order chi connectivity index (χ1) is 9.30. The molecule has 0 aromatic carbocycles. The molecule has 0 aromatic heterocycles. The minimum atomic E-state index is -1.31. The van der Waals surface area contributed by atoms with Gasteiger partial charge in [-0.05, 0) is 13.3 Å². The van der Waals surface area contributed by atoms with Gasteiger partial charge < -0.3 is 10.4 Å². The summed E-state index contributed by atoms with van der Waals surface area (Å²) in [7, 11) is 0. The van der Waals surface area contributed by atoms with Crippen molar-refractivity contribution in [2.24, 2.45) is 0 Å². The van der Waals surface area contributed by atoms with E-state index < -0.39 is 17.4 Å². The molecule has 0 aromatic rings. The Morgan fingerprint density at radius 3 is 2.30 bits per heavy atom. The third-order valence-corrected chi connectivity index (χ3v) is 3.35. The van der Waals surface area contributed by atoms with E-state index in [0.29, 0.717) is 12.8 Å². The van der Waals surface area contributed by atoms with E-state index in [1.165, 1.54) is 6.92 Å². The summed E-state index contributed by atoms with van der Waals surface area (Å²) < 4.78 is 0. The first kappa shape index (κ1) is 16.1. The quantitative estimate of drug-likeness (QED) is 0.654. The number of carbonyl (C=O) groups is 4. The molecule has 1 saturated heterocycles. The minimum absolute atomic E-state index is 0.00528. The summed E-state index contributed by atoms with van der Waals surface area (Å²) in [6, 6.07) is 0. The largest absolute Gasteiger partial charge is 0.480 e. The standard InChI is InChI=1S/C13H20N2O5/c1-3-7-13(2,12(19)20)14-9(16)6-8-15-10(17)4-5-11(15)18/h3-8H2,1-2H3,(H,14,16)(H,19,20). The number of aliphatic carboxylic acids is 1. The van der Waals surface area contributed by atoms with E-state index in [2.05, 4.69) is 5.32 Å². The number of carboxylic acid groups (broad SMARTS) is 1. The molecule has 1 rings (SSSR count). The van der Waals surface area contributed by atoms with Crippen LogP contribution in [-0.4, -0.2) is 45.8 Å². The molecule has 0 aliphatic carbocycles. The molecule has 7 nitrogen and oxygen atoms in total. The molecular weight excluding hydrogens is 264 g/mol. The maximum atomic E-state index is 11.8. The highest BCUT2D eigenvalue weighted by Crippen LogP contribution is 2.14. The molecular formula is C13H20N2O5. The average molecular weight is 284 g/mol. The molecule has 0 spiro atoms. The van der Waals surface area contributed by atoms with Gasteiger partial charge in [0, 0.05) is 25.8 Å². The minimum Gasteiger partial charge on any atom is -0.480 e. The van der Waals surface area contributed by atoms with Gasteiger partial charge in [-0.3, -0.25) is 19.3 Å². The molecule has 0 bridgehead atoms. The van der Waals surface area contributed by atoms with Crippen LogP contribution in [-0.2, 0) is 19.2 Å². The van der Waals surface area contributed by atoms with Crippen molar-refractivity contribution in [3.63, 3.8) is 0 Å². The number of likely N-dealkylation sites (tertiary alicyclic amines) is 1. The average Bonchev–Trinajstić information content (AvgIpc) is 2.66. The number of hydrogen-bond acceptors (Lipinski definition) is 4. The first-order valence-electron chi connectivity index (χ1n) is 6.67.